The predicted octanol–water partition coefficient (Wildman–Crippen LogP) is 2.71. The van der Waals surface area contributed by atoms with E-state index in [2.05, 4.69) is 10.3 Å². The summed E-state index contributed by atoms with van der Waals surface area (Å²) in [6.07, 6.45) is 1.89. The maximum absolute atomic E-state index is 12.1. The molecule has 0 saturated heterocycles. The topological polar surface area (TPSA) is 54.1 Å². The van der Waals surface area contributed by atoms with Crippen molar-refractivity contribution in [1.29, 1.82) is 0 Å². The van der Waals surface area contributed by atoms with Crippen LogP contribution in [0.5, 0.6) is 0 Å². The Kier molecular flexibility index (Phi) is 4.35. The van der Waals surface area contributed by atoms with Gasteiger partial charge >= 0.3 is 0 Å². The number of ether oxygens (including phenoxy) is 1. The molecule has 0 spiro atoms. The van der Waals surface area contributed by atoms with Crippen molar-refractivity contribution >= 4 is 16.7 Å². The second-order valence-corrected chi connectivity index (χ2v) is 4.91. The Labute approximate surface area is 113 Å². The minimum Gasteiger partial charge on any atom is -0.361 e. The molecule has 1 heterocycles. The minimum absolute atomic E-state index is 0.0655. The first-order chi connectivity index (χ1) is 9.06. The van der Waals surface area contributed by atoms with Gasteiger partial charge < -0.3 is 9.72 Å². The van der Waals surface area contributed by atoms with Crippen LogP contribution in [0.4, 0.5) is 0 Å². The van der Waals surface area contributed by atoms with Gasteiger partial charge in [0.25, 0.3) is 0 Å². The molecule has 0 bridgehead atoms. The van der Waals surface area contributed by atoms with Crippen molar-refractivity contribution in [3.63, 3.8) is 0 Å². The van der Waals surface area contributed by atoms with Crippen LogP contribution in [0.25, 0.3) is 10.9 Å². The summed E-state index contributed by atoms with van der Waals surface area (Å²) >= 11 is 0. The van der Waals surface area contributed by atoms with Crippen molar-refractivity contribution in [2.75, 3.05) is 6.54 Å². The molecule has 0 fully saturated rings. The Morgan fingerprint density at radius 2 is 2.11 bits per heavy atom. The Hall–Kier alpha value is -1.65. The number of rotatable bonds is 6. The van der Waals surface area contributed by atoms with Gasteiger partial charge in [-0.2, -0.15) is 0 Å². The van der Waals surface area contributed by atoms with Gasteiger partial charge in [0.1, 0.15) is 6.23 Å². The third kappa shape index (κ3) is 3.66. The van der Waals surface area contributed by atoms with E-state index in [1.54, 1.807) is 0 Å². The van der Waals surface area contributed by atoms with E-state index in [0.29, 0.717) is 5.56 Å². The molecule has 0 aliphatic heterocycles. The summed E-state index contributed by atoms with van der Waals surface area (Å²) in [4.78, 5) is 15.2. The molecule has 102 valence electrons. The lowest BCUT2D eigenvalue weighted by atomic mass is 10.1. The fraction of sp³-hybridized carbons (Fsp3) is 0.400. The fourth-order valence-corrected chi connectivity index (χ4v) is 2.02. The third-order valence-electron chi connectivity index (χ3n) is 2.90. The van der Waals surface area contributed by atoms with Gasteiger partial charge in [-0.05, 0) is 38.3 Å². The molecule has 2 rings (SSSR count). The normalized spacial score (nSPS) is 13.1. The van der Waals surface area contributed by atoms with Gasteiger partial charge in [-0.25, -0.2) is 0 Å². The summed E-state index contributed by atoms with van der Waals surface area (Å²) < 4.78 is 5.52. The largest absolute Gasteiger partial charge is 0.361 e. The van der Waals surface area contributed by atoms with E-state index < -0.39 is 0 Å². The smallest absolute Gasteiger partial charge is 0.176 e. The first-order valence-corrected chi connectivity index (χ1v) is 6.55. The van der Waals surface area contributed by atoms with E-state index in [1.165, 1.54) is 0 Å². The zero-order valence-corrected chi connectivity index (χ0v) is 11.6. The van der Waals surface area contributed by atoms with E-state index in [0.717, 1.165) is 10.9 Å². The number of carbonyl (C=O) groups is 1. The molecule has 1 aromatic heterocycles. The first kappa shape index (κ1) is 13.8. The van der Waals surface area contributed by atoms with Crippen molar-refractivity contribution in [2.45, 2.75) is 33.1 Å². The van der Waals surface area contributed by atoms with Gasteiger partial charge in [0.05, 0.1) is 12.6 Å². The standard InChI is InChI=1S/C15H20N2O2/c1-10(2)19-11(3)17-9-15(18)13-5-4-12-6-7-16-14(12)8-13/h4-8,10-11,16-17H,9H2,1-3H3. The van der Waals surface area contributed by atoms with Gasteiger partial charge in [0.2, 0.25) is 0 Å². The number of aromatic amines is 1. The van der Waals surface area contributed by atoms with Crippen LogP contribution >= 0.6 is 0 Å². The van der Waals surface area contributed by atoms with Gasteiger partial charge in [-0.1, -0.05) is 12.1 Å². The van der Waals surface area contributed by atoms with Crippen LogP contribution in [0.3, 0.4) is 0 Å². The Balaban J connectivity index is 1.95. The lowest BCUT2D eigenvalue weighted by Crippen LogP contribution is -2.35. The van der Waals surface area contributed by atoms with Crippen LogP contribution in [0.1, 0.15) is 31.1 Å². The van der Waals surface area contributed by atoms with Crippen molar-refractivity contribution in [3.05, 3.63) is 36.0 Å². The van der Waals surface area contributed by atoms with Crippen molar-refractivity contribution in [2.24, 2.45) is 0 Å². The van der Waals surface area contributed by atoms with Crippen molar-refractivity contribution in [1.82, 2.24) is 10.3 Å². The summed E-state index contributed by atoms with van der Waals surface area (Å²) in [6, 6.07) is 7.68. The highest BCUT2D eigenvalue weighted by molar-refractivity contribution is 6.00. The van der Waals surface area contributed by atoms with E-state index in [-0.39, 0.29) is 24.7 Å². The number of aromatic nitrogens is 1. The number of hydrogen-bond acceptors (Lipinski definition) is 3. The summed E-state index contributed by atoms with van der Waals surface area (Å²) in [5.41, 5.74) is 1.69. The molecule has 1 atom stereocenters. The molecule has 0 aliphatic rings. The number of Topliss-reactive ketones (excluding diaryl/α,β-unsaturated/α-hetero) is 1. The number of nitrogens with one attached hydrogen (secondary N) is 2. The molecule has 0 amide bonds. The summed E-state index contributed by atoms with van der Waals surface area (Å²) in [5.74, 6) is 0.0655. The number of benzene rings is 1. The zero-order chi connectivity index (χ0) is 13.8. The van der Waals surface area contributed by atoms with E-state index in [1.807, 2.05) is 51.2 Å². The lowest BCUT2D eigenvalue weighted by Gasteiger charge is -2.17. The predicted molar refractivity (Wildman–Crippen MR) is 76.3 cm³/mol. The van der Waals surface area contributed by atoms with Crippen LogP contribution in [0.15, 0.2) is 30.5 Å². The minimum atomic E-state index is -0.127. The molecule has 4 nitrogen and oxygen atoms in total. The van der Waals surface area contributed by atoms with E-state index in [4.69, 9.17) is 4.74 Å². The summed E-state index contributed by atoms with van der Waals surface area (Å²) in [6.45, 7) is 6.12. The number of fused-ring (bicyclic) bond motifs is 1. The number of H-pyrrole nitrogens is 1. The van der Waals surface area contributed by atoms with Gasteiger partial charge in [0.15, 0.2) is 5.78 Å². The molecule has 2 aromatic rings. The monoisotopic (exact) mass is 260 g/mol. The fourth-order valence-electron chi connectivity index (χ4n) is 2.02. The highest BCUT2D eigenvalue weighted by atomic mass is 16.5. The van der Waals surface area contributed by atoms with E-state index in [9.17, 15) is 4.79 Å². The highest BCUT2D eigenvalue weighted by Gasteiger charge is 2.10. The van der Waals surface area contributed by atoms with Gasteiger partial charge in [0, 0.05) is 17.3 Å². The molecular weight excluding hydrogens is 240 g/mol. The van der Waals surface area contributed by atoms with E-state index >= 15 is 0 Å². The quantitative estimate of drug-likeness (QED) is 0.620. The molecule has 19 heavy (non-hydrogen) atoms. The van der Waals surface area contributed by atoms with Crippen LogP contribution in [0.2, 0.25) is 0 Å². The second kappa shape index (κ2) is 5.99. The van der Waals surface area contributed by atoms with Crippen molar-refractivity contribution < 1.29 is 9.53 Å². The molecular formula is C15H20N2O2. The molecule has 1 unspecified atom stereocenters. The molecule has 2 N–H and O–H groups in total. The van der Waals surface area contributed by atoms with Crippen molar-refractivity contribution in [3.8, 4) is 0 Å². The molecule has 0 saturated carbocycles. The SMILES string of the molecule is CC(C)OC(C)NCC(=O)c1ccc2cc[nH]c2c1. The van der Waals surface area contributed by atoms with Gasteiger partial charge in [-0.3, -0.25) is 10.1 Å². The first-order valence-electron chi connectivity index (χ1n) is 6.55. The number of hydrogen-bond donors (Lipinski definition) is 2. The van der Waals surface area contributed by atoms with Crippen LogP contribution < -0.4 is 5.32 Å². The maximum atomic E-state index is 12.1. The summed E-state index contributed by atoms with van der Waals surface area (Å²) in [5, 5.41) is 4.18. The Morgan fingerprint density at radius 3 is 2.84 bits per heavy atom. The highest BCUT2D eigenvalue weighted by Crippen LogP contribution is 2.14. The zero-order valence-electron chi connectivity index (χ0n) is 11.6. The number of ketones is 1. The average Bonchev–Trinajstić information content (AvgIpc) is 2.82. The Bertz CT molecular complexity index is 560. The summed E-state index contributed by atoms with van der Waals surface area (Å²) in [7, 11) is 0. The van der Waals surface area contributed by atoms with Crippen LogP contribution in [-0.2, 0) is 4.74 Å². The van der Waals surface area contributed by atoms with Gasteiger partial charge in [-0.15, -0.1) is 0 Å². The maximum Gasteiger partial charge on any atom is 0.176 e. The lowest BCUT2D eigenvalue weighted by molar-refractivity contribution is 0.000321. The second-order valence-electron chi connectivity index (χ2n) is 4.91. The molecule has 0 aliphatic carbocycles. The molecule has 1 aromatic carbocycles. The third-order valence-corrected chi connectivity index (χ3v) is 2.90. The Morgan fingerprint density at radius 1 is 1.32 bits per heavy atom. The molecule has 4 heteroatoms. The average molecular weight is 260 g/mol. The van der Waals surface area contributed by atoms with Crippen LogP contribution in [0, 0.1) is 0 Å². The van der Waals surface area contributed by atoms with Crippen LogP contribution in [-0.4, -0.2) is 29.6 Å². The molecule has 0 radical (unpaired) electrons. The number of carbonyl (C=O) groups excluding carboxylic acids is 1.